The fourth-order valence-corrected chi connectivity index (χ4v) is 14.2. The molecule has 5 rings (SSSR count). The van der Waals surface area contributed by atoms with Crippen LogP contribution in [0.5, 0.6) is 0 Å². The van der Waals surface area contributed by atoms with E-state index in [0.29, 0.717) is 0 Å². The van der Waals surface area contributed by atoms with Crippen LogP contribution in [0.4, 0.5) is 5.69 Å². The minimum Gasteiger partial charge on any atom is -0.517 e. The van der Waals surface area contributed by atoms with Crippen molar-refractivity contribution in [2.75, 3.05) is 4.90 Å². The van der Waals surface area contributed by atoms with Gasteiger partial charge in [-0.1, -0.05) is 71.6 Å². The van der Waals surface area contributed by atoms with Crippen molar-refractivity contribution < 1.29 is 19.5 Å². The van der Waals surface area contributed by atoms with E-state index in [4.69, 9.17) is 0 Å². The van der Waals surface area contributed by atoms with Crippen molar-refractivity contribution in [1.29, 1.82) is 0 Å². The molecule has 1 aliphatic heterocycles. The smallest absolute Gasteiger partial charge is 0.517 e. The quantitative estimate of drug-likeness (QED) is 0.170. The van der Waals surface area contributed by atoms with Crippen molar-refractivity contribution in [3.8, 4) is 0 Å². The Morgan fingerprint density at radius 2 is 1.08 bits per heavy atom. The Balaban J connectivity index is 0.000000210. The maximum absolute atomic E-state index is 2.55. The van der Waals surface area contributed by atoms with Crippen LogP contribution >= 0.6 is 7.92 Å². The molecule has 223 valence electrons. The van der Waals surface area contributed by atoms with Gasteiger partial charge in [0, 0.05) is 19.1 Å². The number of aryl methyl sites for hydroxylation is 2. The van der Waals surface area contributed by atoms with Gasteiger partial charge < -0.3 is 4.90 Å². The fourth-order valence-electron chi connectivity index (χ4n) is 8.97. The van der Waals surface area contributed by atoms with E-state index >= 15 is 0 Å². The Bertz CT molecular complexity index is 781. The molecular weight excluding hydrogens is 578 g/mol. The molecule has 1 saturated heterocycles. The first-order chi connectivity index (χ1) is 18.3. The first kappa shape index (κ1) is 33.6. The molecule has 0 amide bonds. The summed E-state index contributed by atoms with van der Waals surface area (Å²) in [5, 5.41) is 0. The summed E-state index contributed by atoms with van der Waals surface area (Å²) >= 11 is 0. The summed E-state index contributed by atoms with van der Waals surface area (Å²) in [6.07, 6.45) is 27.2. The van der Waals surface area contributed by atoms with Gasteiger partial charge in [0.05, 0.1) is 17.0 Å². The van der Waals surface area contributed by atoms with Crippen molar-refractivity contribution in [3.05, 3.63) is 35.9 Å². The van der Waals surface area contributed by atoms with Gasteiger partial charge in [0.1, 0.15) is 0 Å². The fraction of sp³-hybridized carbons (Fsp3) is 0.806. The second-order valence-corrected chi connectivity index (χ2v) is 18.1. The summed E-state index contributed by atoms with van der Waals surface area (Å²) in [6.45, 7) is 16.4. The minimum atomic E-state index is -0.0465. The summed E-state index contributed by atoms with van der Waals surface area (Å²) < 4.78 is 0. The molecule has 39 heavy (non-hydrogen) atoms. The third-order valence-corrected chi connectivity index (χ3v) is 15.0. The Morgan fingerprint density at radius 1 is 0.692 bits per heavy atom. The molecule has 4 fully saturated rings. The number of anilines is 1. The van der Waals surface area contributed by atoms with Crippen LogP contribution in [-0.2, 0) is 32.3 Å². The molecule has 0 aromatic heterocycles. The standard InChI is InChI=1S/C18H28N.C18H33P.Ru/c1-7-14-10-9-11-15(8-2)16(14)19-13-17(3,4)12-18(19,5)6;1-4-10-16(11-5-1)19(17-12-6-2-7-13-17)18-14-8-3-9-15-18;/h9-11,13H,7-8,12H2,1-6H3;16-18H,1-15H2;/q-1;;+1/p+1. The number of hydrogen-bond donors (Lipinski definition) is 0. The SMILES string of the molecule is C1CCC([PH+](C2CCCCC2)C2CCCCC2)CC1.CCc1cccc(CC)c1N1[CH-]C(C)(C)CC1(C)C.[Ru+]. The van der Waals surface area contributed by atoms with Crippen LogP contribution in [0.1, 0.15) is 155 Å². The molecule has 3 aliphatic carbocycles. The van der Waals surface area contributed by atoms with E-state index < -0.39 is 0 Å². The molecule has 1 heterocycles. The second kappa shape index (κ2) is 15.5. The zero-order chi connectivity index (χ0) is 27.2. The van der Waals surface area contributed by atoms with E-state index in [9.17, 15) is 0 Å². The average Bonchev–Trinajstić information content (AvgIpc) is 3.16. The summed E-state index contributed by atoms with van der Waals surface area (Å²) in [5.41, 5.74) is 8.58. The summed E-state index contributed by atoms with van der Waals surface area (Å²) in [7, 11) is -0.0465. The van der Waals surface area contributed by atoms with Crippen LogP contribution in [0.2, 0.25) is 0 Å². The predicted molar refractivity (Wildman–Crippen MR) is 173 cm³/mol. The number of hydrogen-bond acceptors (Lipinski definition) is 1. The molecule has 1 nitrogen and oxygen atoms in total. The first-order valence-electron chi connectivity index (χ1n) is 16.9. The summed E-state index contributed by atoms with van der Waals surface area (Å²) in [5.74, 6) is 0. The predicted octanol–water partition coefficient (Wildman–Crippen LogP) is 11.2. The van der Waals surface area contributed by atoms with E-state index in [0.717, 1.165) is 12.8 Å². The van der Waals surface area contributed by atoms with Gasteiger partial charge in [0.15, 0.2) is 0 Å². The number of benzene rings is 1. The van der Waals surface area contributed by atoms with Crippen molar-refractivity contribution in [3.63, 3.8) is 0 Å². The van der Waals surface area contributed by atoms with Crippen molar-refractivity contribution in [1.82, 2.24) is 0 Å². The molecule has 3 saturated carbocycles. The first-order valence-corrected chi connectivity index (χ1v) is 18.6. The van der Waals surface area contributed by atoms with Crippen LogP contribution in [0.3, 0.4) is 0 Å². The van der Waals surface area contributed by atoms with Gasteiger partial charge in [-0.25, -0.2) is 6.54 Å². The Labute approximate surface area is 258 Å². The van der Waals surface area contributed by atoms with E-state index in [1.807, 2.05) is 0 Å². The molecule has 0 atom stereocenters. The van der Waals surface area contributed by atoms with Crippen LogP contribution in [-0.4, -0.2) is 22.5 Å². The molecule has 0 spiro atoms. The minimum absolute atomic E-state index is 0. The van der Waals surface area contributed by atoms with Gasteiger partial charge in [0.2, 0.25) is 0 Å². The van der Waals surface area contributed by atoms with Crippen molar-refractivity contribution in [2.24, 2.45) is 5.41 Å². The summed E-state index contributed by atoms with van der Waals surface area (Å²) in [6, 6.07) is 6.77. The van der Waals surface area contributed by atoms with Gasteiger partial charge in [-0.3, -0.25) is 0 Å². The van der Waals surface area contributed by atoms with E-state index in [1.54, 1.807) is 96.3 Å². The normalized spacial score (nSPS) is 24.2. The van der Waals surface area contributed by atoms with Crippen molar-refractivity contribution in [2.45, 2.75) is 180 Å². The van der Waals surface area contributed by atoms with E-state index in [1.165, 1.54) is 40.2 Å². The number of nitrogens with zero attached hydrogens (tertiary/aromatic N) is 1. The molecular formula is C36H62NPRu+. The van der Waals surface area contributed by atoms with Gasteiger partial charge in [-0.2, -0.15) is 0 Å². The Morgan fingerprint density at radius 3 is 1.38 bits per heavy atom. The van der Waals surface area contributed by atoms with Crippen LogP contribution in [0.15, 0.2) is 18.2 Å². The average molecular weight is 641 g/mol. The molecule has 3 heteroatoms. The molecule has 0 N–H and O–H groups in total. The molecule has 1 radical (unpaired) electrons. The Hall–Kier alpha value is 0.0734. The maximum atomic E-state index is 2.55. The zero-order valence-electron chi connectivity index (χ0n) is 26.6. The van der Waals surface area contributed by atoms with E-state index in [-0.39, 0.29) is 38.4 Å². The van der Waals surface area contributed by atoms with Crippen LogP contribution in [0, 0.1) is 12.0 Å². The van der Waals surface area contributed by atoms with Crippen LogP contribution < -0.4 is 4.90 Å². The van der Waals surface area contributed by atoms with Crippen LogP contribution in [0.25, 0.3) is 0 Å². The topological polar surface area (TPSA) is 3.24 Å². The third kappa shape index (κ3) is 8.79. The zero-order valence-corrected chi connectivity index (χ0v) is 29.3. The monoisotopic (exact) mass is 641 g/mol. The molecule has 0 bridgehead atoms. The number of rotatable bonds is 6. The molecule has 4 aliphatic rings. The largest absolute Gasteiger partial charge is 1.00 e. The van der Waals surface area contributed by atoms with E-state index in [2.05, 4.69) is 71.2 Å². The van der Waals surface area contributed by atoms with Crippen molar-refractivity contribution >= 4 is 13.6 Å². The van der Waals surface area contributed by atoms with Gasteiger partial charge in [-0.15, -0.1) is 5.41 Å². The van der Waals surface area contributed by atoms with Gasteiger partial charge in [0.25, 0.3) is 0 Å². The maximum Gasteiger partial charge on any atom is 1.00 e. The second-order valence-electron chi connectivity index (χ2n) is 14.6. The molecule has 1 aromatic rings. The molecule has 1 aromatic carbocycles. The molecule has 0 unspecified atom stereocenters. The number of para-hydroxylation sites is 1. The summed E-state index contributed by atoms with van der Waals surface area (Å²) in [4.78, 5) is 2.55. The van der Waals surface area contributed by atoms with Gasteiger partial charge >= 0.3 is 19.5 Å². The Kier molecular flexibility index (Phi) is 13.4. The van der Waals surface area contributed by atoms with Gasteiger partial charge in [-0.05, 0) is 115 Å². The third-order valence-electron chi connectivity index (χ3n) is 10.5.